The third-order valence-corrected chi connectivity index (χ3v) is 1.78. The average molecular weight is 142 g/mol. The van der Waals surface area contributed by atoms with Crippen molar-refractivity contribution in [2.75, 3.05) is 0 Å². The zero-order valence-electron chi connectivity index (χ0n) is 6.30. The van der Waals surface area contributed by atoms with E-state index in [1.807, 2.05) is 0 Å². The Morgan fingerprint density at radius 2 is 2.10 bits per heavy atom. The van der Waals surface area contributed by atoms with Crippen LogP contribution in [0.1, 0.15) is 20.8 Å². The van der Waals surface area contributed by atoms with Crippen molar-refractivity contribution in [1.29, 1.82) is 0 Å². The molecule has 0 spiro atoms. The van der Waals surface area contributed by atoms with Crippen molar-refractivity contribution in [3.63, 3.8) is 0 Å². The first-order valence-electron chi connectivity index (χ1n) is 3.18. The van der Waals surface area contributed by atoms with Crippen LogP contribution in [0.5, 0.6) is 0 Å². The predicted molar refractivity (Wildman–Crippen MR) is 34.3 cm³/mol. The standard InChI is InChI=1S/C7H10O3/c1-4(8)5-7(2,3)6(9)10-5/h5H,1-3H3. The summed E-state index contributed by atoms with van der Waals surface area (Å²) in [6, 6.07) is 0. The summed E-state index contributed by atoms with van der Waals surface area (Å²) in [6.07, 6.45) is -0.514. The van der Waals surface area contributed by atoms with Gasteiger partial charge in [-0.2, -0.15) is 0 Å². The van der Waals surface area contributed by atoms with Gasteiger partial charge in [-0.1, -0.05) is 0 Å². The Bertz CT molecular complexity index is 193. The van der Waals surface area contributed by atoms with E-state index in [2.05, 4.69) is 4.74 Å². The highest BCUT2D eigenvalue weighted by atomic mass is 16.6. The lowest BCUT2D eigenvalue weighted by Gasteiger charge is -2.39. The molecule has 0 bridgehead atoms. The highest BCUT2D eigenvalue weighted by Crippen LogP contribution is 2.35. The molecule has 1 fully saturated rings. The minimum Gasteiger partial charge on any atom is -0.453 e. The van der Waals surface area contributed by atoms with Crippen LogP contribution in [0, 0.1) is 5.41 Å². The first kappa shape index (κ1) is 7.25. The molecular weight excluding hydrogens is 132 g/mol. The fraction of sp³-hybridized carbons (Fsp3) is 0.714. The summed E-state index contributed by atoms with van der Waals surface area (Å²) in [5.74, 6) is -0.364. The largest absolute Gasteiger partial charge is 0.453 e. The van der Waals surface area contributed by atoms with E-state index in [1.165, 1.54) is 6.92 Å². The quantitative estimate of drug-likeness (QED) is 0.501. The minimum atomic E-state index is -0.591. The lowest BCUT2D eigenvalue weighted by atomic mass is 9.80. The molecule has 0 aliphatic carbocycles. The Morgan fingerprint density at radius 1 is 1.60 bits per heavy atom. The number of cyclic esters (lactones) is 1. The number of ether oxygens (including phenoxy) is 1. The van der Waals surface area contributed by atoms with Crippen molar-refractivity contribution < 1.29 is 14.3 Å². The smallest absolute Gasteiger partial charge is 0.316 e. The van der Waals surface area contributed by atoms with Crippen molar-refractivity contribution in [2.45, 2.75) is 26.9 Å². The Balaban J connectivity index is 2.72. The maximum Gasteiger partial charge on any atom is 0.316 e. The van der Waals surface area contributed by atoms with Crippen LogP contribution in [0.25, 0.3) is 0 Å². The molecule has 1 saturated heterocycles. The summed E-state index contributed by atoms with van der Waals surface area (Å²) in [5.41, 5.74) is -0.591. The van der Waals surface area contributed by atoms with Gasteiger partial charge in [0.05, 0.1) is 0 Å². The molecule has 0 amide bonds. The van der Waals surface area contributed by atoms with Gasteiger partial charge in [0, 0.05) is 0 Å². The number of ketones is 1. The average Bonchev–Trinajstić information content (AvgIpc) is 1.82. The monoisotopic (exact) mass is 142 g/mol. The van der Waals surface area contributed by atoms with Crippen molar-refractivity contribution in [3.05, 3.63) is 0 Å². The number of carbonyl (C=O) groups excluding carboxylic acids is 2. The van der Waals surface area contributed by atoms with Gasteiger partial charge in [-0.3, -0.25) is 9.59 Å². The van der Waals surface area contributed by atoms with Crippen LogP contribution in [-0.2, 0) is 14.3 Å². The fourth-order valence-corrected chi connectivity index (χ4v) is 1.05. The molecule has 1 heterocycles. The van der Waals surface area contributed by atoms with Crippen LogP contribution in [0.15, 0.2) is 0 Å². The second kappa shape index (κ2) is 1.81. The molecule has 56 valence electrons. The summed E-state index contributed by atoms with van der Waals surface area (Å²) in [5, 5.41) is 0. The fourth-order valence-electron chi connectivity index (χ4n) is 1.05. The Hall–Kier alpha value is -0.860. The summed E-state index contributed by atoms with van der Waals surface area (Å²) in [7, 11) is 0. The maximum absolute atomic E-state index is 10.7. The highest BCUT2D eigenvalue weighted by Gasteiger charge is 2.52. The van der Waals surface area contributed by atoms with E-state index in [1.54, 1.807) is 13.8 Å². The van der Waals surface area contributed by atoms with Gasteiger partial charge in [0.2, 0.25) is 0 Å². The normalized spacial score (nSPS) is 28.7. The third kappa shape index (κ3) is 0.735. The van der Waals surface area contributed by atoms with Gasteiger partial charge in [0.1, 0.15) is 5.41 Å². The van der Waals surface area contributed by atoms with Crippen LogP contribution in [0.3, 0.4) is 0 Å². The molecule has 1 aliphatic heterocycles. The van der Waals surface area contributed by atoms with Crippen LogP contribution < -0.4 is 0 Å². The molecule has 0 aromatic rings. The zero-order valence-corrected chi connectivity index (χ0v) is 6.30. The molecule has 0 saturated carbocycles. The van der Waals surface area contributed by atoms with Gasteiger partial charge >= 0.3 is 5.97 Å². The van der Waals surface area contributed by atoms with E-state index in [4.69, 9.17) is 0 Å². The third-order valence-electron chi connectivity index (χ3n) is 1.78. The van der Waals surface area contributed by atoms with E-state index in [-0.39, 0.29) is 11.8 Å². The molecular formula is C7H10O3. The van der Waals surface area contributed by atoms with E-state index < -0.39 is 11.5 Å². The molecule has 0 aromatic carbocycles. The van der Waals surface area contributed by atoms with Gasteiger partial charge in [0.15, 0.2) is 11.9 Å². The van der Waals surface area contributed by atoms with E-state index in [0.717, 1.165) is 0 Å². The number of carbonyl (C=O) groups is 2. The highest BCUT2D eigenvalue weighted by molar-refractivity contribution is 5.96. The molecule has 0 radical (unpaired) electrons. The first-order valence-corrected chi connectivity index (χ1v) is 3.18. The zero-order chi connectivity index (χ0) is 7.94. The minimum absolute atomic E-state index is 0.0791. The van der Waals surface area contributed by atoms with Crippen molar-refractivity contribution >= 4 is 11.8 Å². The first-order chi connectivity index (χ1) is 4.46. The van der Waals surface area contributed by atoms with Gasteiger partial charge in [0.25, 0.3) is 0 Å². The van der Waals surface area contributed by atoms with Crippen molar-refractivity contribution in [1.82, 2.24) is 0 Å². The van der Waals surface area contributed by atoms with Crippen LogP contribution >= 0.6 is 0 Å². The second-order valence-corrected chi connectivity index (χ2v) is 3.12. The predicted octanol–water partition coefficient (Wildman–Crippen LogP) is 0.527. The molecule has 0 aromatic heterocycles. The number of Topliss-reactive ketones (excluding diaryl/α,β-unsaturated/α-hetero) is 1. The number of rotatable bonds is 1. The Morgan fingerprint density at radius 3 is 2.20 bits per heavy atom. The lowest BCUT2D eigenvalue weighted by molar-refractivity contribution is -0.201. The molecule has 0 N–H and O–H groups in total. The van der Waals surface area contributed by atoms with Gasteiger partial charge < -0.3 is 4.74 Å². The van der Waals surface area contributed by atoms with E-state index in [9.17, 15) is 9.59 Å². The van der Waals surface area contributed by atoms with Gasteiger partial charge in [-0.15, -0.1) is 0 Å². The van der Waals surface area contributed by atoms with Crippen molar-refractivity contribution in [3.8, 4) is 0 Å². The van der Waals surface area contributed by atoms with Crippen LogP contribution in [-0.4, -0.2) is 17.9 Å². The number of esters is 1. The van der Waals surface area contributed by atoms with Gasteiger partial charge in [-0.25, -0.2) is 0 Å². The van der Waals surface area contributed by atoms with Crippen LogP contribution in [0.2, 0.25) is 0 Å². The molecule has 1 aliphatic rings. The molecule has 1 rings (SSSR count). The number of hydrogen-bond donors (Lipinski definition) is 0. The van der Waals surface area contributed by atoms with E-state index >= 15 is 0 Å². The Kier molecular flexibility index (Phi) is 1.31. The maximum atomic E-state index is 10.7. The Labute approximate surface area is 59.4 Å². The summed E-state index contributed by atoms with van der Waals surface area (Å²) < 4.78 is 4.63. The van der Waals surface area contributed by atoms with E-state index in [0.29, 0.717) is 0 Å². The van der Waals surface area contributed by atoms with Crippen LogP contribution in [0.4, 0.5) is 0 Å². The molecule has 3 heteroatoms. The van der Waals surface area contributed by atoms with Crippen molar-refractivity contribution in [2.24, 2.45) is 5.41 Å². The molecule has 3 nitrogen and oxygen atoms in total. The SMILES string of the molecule is CC(=O)C1OC(=O)C1(C)C. The topological polar surface area (TPSA) is 43.4 Å². The number of hydrogen-bond acceptors (Lipinski definition) is 3. The lowest BCUT2D eigenvalue weighted by Crippen LogP contribution is -2.56. The summed E-state index contributed by atoms with van der Waals surface area (Å²) in [4.78, 5) is 21.4. The molecule has 1 atom stereocenters. The van der Waals surface area contributed by atoms with Gasteiger partial charge in [-0.05, 0) is 20.8 Å². The molecule has 1 unspecified atom stereocenters. The molecule has 10 heavy (non-hydrogen) atoms. The summed E-state index contributed by atoms with van der Waals surface area (Å²) >= 11 is 0. The second-order valence-electron chi connectivity index (χ2n) is 3.12. The summed E-state index contributed by atoms with van der Waals surface area (Å²) in [6.45, 7) is 4.86.